The van der Waals surface area contributed by atoms with Crippen LogP contribution >= 0.6 is 0 Å². The van der Waals surface area contributed by atoms with E-state index in [9.17, 15) is 4.79 Å². The van der Waals surface area contributed by atoms with Gasteiger partial charge in [0.05, 0.1) is 23.5 Å². The van der Waals surface area contributed by atoms with Crippen LogP contribution in [0, 0.1) is 25.7 Å². The summed E-state index contributed by atoms with van der Waals surface area (Å²) >= 11 is 0. The molecular formula is C17H17N3O. The Bertz CT molecular complexity index is 726. The van der Waals surface area contributed by atoms with Crippen molar-refractivity contribution in [2.45, 2.75) is 13.8 Å². The molecule has 0 atom stereocenters. The smallest absolute Gasteiger partial charge is 0.256 e. The summed E-state index contributed by atoms with van der Waals surface area (Å²) in [5, 5.41) is 2.87. The van der Waals surface area contributed by atoms with Gasteiger partial charge in [-0.15, -0.1) is 0 Å². The Kier molecular flexibility index (Phi) is 4.70. The third-order valence-electron chi connectivity index (χ3n) is 2.97. The highest BCUT2D eigenvalue weighted by Gasteiger charge is 2.11. The molecule has 1 aromatic carbocycles. The molecule has 4 nitrogen and oxygen atoms in total. The zero-order valence-corrected chi connectivity index (χ0v) is 12.1. The molecule has 2 aromatic rings. The maximum absolute atomic E-state index is 12.4. The Morgan fingerprint density at radius 2 is 2.00 bits per heavy atom. The van der Waals surface area contributed by atoms with Crippen molar-refractivity contribution < 1.29 is 4.79 Å². The summed E-state index contributed by atoms with van der Waals surface area (Å²) in [5.41, 5.74) is 8.97. The molecule has 3 N–H and O–H groups in total. The largest absolute Gasteiger partial charge is 0.320 e. The van der Waals surface area contributed by atoms with Crippen molar-refractivity contribution in [2.75, 3.05) is 11.9 Å². The van der Waals surface area contributed by atoms with Crippen LogP contribution in [0.2, 0.25) is 0 Å². The Balaban J connectivity index is 2.28. The molecule has 0 aliphatic carbocycles. The van der Waals surface area contributed by atoms with Gasteiger partial charge in [-0.1, -0.05) is 24.0 Å². The number of nitrogens with one attached hydrogen (secondary N) is 1. The number of carbonyl (C=O) groups excluding carboxylic acids is 1. The molecule has 21 heavy (non-hydrogen) atoms. The van der Waals surface area contributed by atoms with E-state index in [1.54, 1.807) is 12.1 Å². The Morgan fingerprint density at radius 3 is 2.71 bits per heavy atom. The van der Waals surface area contributed by atoms with Crippen LogP contribution in [-0.4, -0.2) is 17.4 Å². The summed E-state index contributed by atoms with van der Waals surface area (Å²) in [7, 11) is 0. The summed E-state index contributed by atoms with van der Waals surface area (Å²) in [6.07, 6.45) is 0. The molecule has 106 valence electrons. The number of carbonyl (C=O) groups is 1. The quantitative estimate of drug-likeness (QED) is 0.829. The standard InChI is InChI=1S/C17H17N3O/c1-12-9-10-16(13(2)19-12)20-17(21)15-8-4-3-6-14(15)7-5-11-18/h3-4,6,8-10H,11,18H2,1-2H3,(H,20,21). The third kappa shape index (κ3) is 3.68. The van der Waals surface area contributed by atoms with Gasteiger partial charge in [-0.3, -0.25) is 9.78 Å². The van der Waals surface area contributed by atoms with Crippen molar-refractivity contribution in [3.05, 3.63) is 58.9 Å². The van der Waals surface area contributed by atoms with Crippen LogP contribution < -0.4 is 11.1 Å². The topological polar surface area (TPSA) is 68.0 Å². The zero-order chi connectivity index (χ0) is 15.2. The van der Waals surface area contributed by atoms with Gasteiger partial charge in [-0.2, -0.15) is 0 Å². The van der Waals surface area contributed by atoms with Crippen molar-refractivity contribution >= 4 is 11.6 Å². The molecule has 0 saturated heterocycles. The van der Waals surface area contributed by atoms with Crippen molar-refractivity contribution in [3.63, 3.8) is 0 Å². The molecule has 4 heteroatoms. The molecule has 0 bridgehead atoms. The minimum absolute atomic E-state index is 0.203. The highest BCUT2D eigenvalue weighted by Crippen LogP contribution is 2.15. The highest BCUT2D eigenvalue weighted by atomic mass is 16.1. The summed E-state index contributed by atoms with van der Waals surface area (Å²) < 4.78 is 0. The van der Waals surface area contributed by atoms with E-state index in [0.717, 1.165) is 11.4 Å². The van der Waals surface area contributed by atoms with E-state index in [1.165, 1.54) is 0 Å². The molecule has 2 rings (SSSR count). The van der Waals surface area contributed by atoms with Gasteiger partial charge < -0.3 is 11.1 Å². The lowest BCUT2D eigenvalue weighted by Crippen LogP contribution is -2.14. The number of nitrogens with zero attached hydrogens (tertiary/aromatic N) is 1. The number of pyridine rings is 1. The number of nitrogens with two attached hydrogens (primary N) is 1. The maximum Gasteiger partial charge on any atom is 0.256 e. The van der Waals surface area contributed by atoms with Crippen molar-refractivity contribution in [3.8, 4) is 11.8 Å². The van der Waals surface area contributed by atoms with E-state index < -0.39 is 0 Å². The lowest BCUT2D eigenvalue weighted by atomic mass is 10.1. The van der Waals surface area contributed by atoms with Crippen LogP contribution in [0.3, 0.4) is 0 Å². The monoisotopic (exact) mass is 279 g/mol. The first kappa shape index (κ1) is 14.8. The van der Waals surface area contributed by atoms with Gasteiger partial charge in [-0.05, 0) is 38.1 Å². The Hall–Kier alpha value is -2.64. The minimum atomic E-state index is -0.203. The van der Waals surface area contributed by atoms with Gasteiger partial charge in [-0.25, -0.2) is 0 Å². The van der Waals surface area contributed by atoms with Crippen LogP contribution in [0.4, 0.5) is 5.69 Å². The van der Waals surface area contributed by atoms with Gasteiger partial charge in [0.1, 0.15) is 0 Å². The average molecular weight is 279 g/mol. The summed E-state index contributed by atoms with van der Waals surface area (Å²) in [6.45, 7) is 4.04. The highest BCUT2D eigenvalue weighted by molar-refractivity contribution is 6.06. The van der Waals surface area contributed by atoms with Gasteiger partial charge >= 0.3 is 0 Å². The minimum Gasteiger partial charge on any atom is -0.320 e. The van der Waals surface area contributed by atoms with Gasteiger partial charge in [0.25, 0.3) is 5.91 Å². The van der Waals surface area contributed by atoms with E-state index in [1.807, 2.05) is 38.1 Å². The summed E-state index contributed by atoms with van der Waals surface area (Å²) in [5.74, 6) is 5.48. The van der Waals surface area contributed by atoms with Gasteiger partial charge in [0.2, 0.25) is 0 Å². The second-order valence-corrected chi connectivity index (χ2v) is 4.59. The summed E-state index contributed by atoms with van der Waals surface area (Å²) in [4.78, 5) is 16.7. The molecule has 1 heterocycles. The predicted molar refractivity (Wildman–Crippen MR) is 84.0 cm³/mol. The fourth-order valence-electron chi connectivity index (χ4n) is 1.94. The number of benzene rings is 1. The lowest BCUT2D eigenvalue weighted by Gasteiger charge is -2.09. The Morgan fingerprint density at radius 1 is 1.24 bits per heavy atom. The van der Waals surface area contributed by atoms with Crippen molar-refractivity contribution in [2.24, 2.45) is 5.73 Å². The number of rotatable bonds is 2. The van der Waals surface area contributed by atoms with Crippen LogP contribution in [-0.2, 0) is 0 Å². The van der Waals surface area contributed by atoms with E-state index in [-0.39, 0.29) is 12.5 Å². The molecule has 0 radical (unpaired) electrons. The maximum atomic E-state index is 12.4. The third-order valence-corrected chi connectivity index (χ3v) is 2.97. The first-order chi connectivity index (χ1) is 10.1. The normalized spacial score (nSPS) is 9.67. The van der Waals surface area contributed by atoms with Gasteiger partial charge in [0, 0.05) is 11.3 Å². The molecule has 0 unspecified atom stereocenters. The molecule has 1 aromatic heterocycles. The number of anilines is 1. The number of hydrogen-bond donors (Lipinski definition) is 2. The van der Waals surface area contributed by atoms with Crippen LogP contribution in [0.1, 0.15) is 27.3 Å². The lowest BCUT2D eigenvalue weighted by molar-refractivity contribution is 0.102. The van der Waals surface area contributed by atoms with Crippen LogP contribution in [0.5, 0.6) is 0 Å². The number of aromatic nitrogens is 1. The molecule has 0 fully saturated rings. The Labute approximate surface area is 124 Å². The first-order valence-electron chi connectivity index (χ1n) is 6.65. The molecule has 0 saturated carbocycles. The fourth-order valence-corrected chi connectivity index (χ4v) is 1.94. The molecule has 0 spiro atoms. The molecule has 1 amide bonds. The molecule has 0 aliphatic rings. The number of hydrogen-bond acceptors (Lipinski definition) is 3. The van der Waals surface area contributed by atoms with Crippen LogP contribution in [0.25, 0.3) is 0 Å². The van der Waals surface area contributed by atoms with E-state index in [0.29, 0.717) is 16.8 Å². The fraction of sp³-hybridized carbons (Fsp3) is 0.176. The van der Waals surface area contributed by atoms with Crippen molar-refractivity contribution in [1.29, 1.82) is 0 Å². The average Bonchev–Trinajstić information content (AvgIpc) is 2.48. The second-order valence-electron chi connectivity index (χ2n) is 4.59. The number of amides is 1. The number of aryl methyl sites for hydroxylation is 2. The zero-order valence-electron chi connectivity index (χ0n) is 12.1. The predicted octanol–water partition coefficient (Wildman–Crippen LogP) is 2.26. The van der Waals surface area contributed by atoms with Crippen LogP contribution in [0.15, 0.2) is 36.4 Å². The first-order valence-corrected chi connectivity index (χ1v) is 6.65. The SMILES string of the molecule is Cc1ccc(NC(=O)c2ccccc2C#CCN)c(C)n1. The van der Waals surface area contributed by atoms with E-state index >= 15 is 0 Å². The molecular weight excluding hydrogens is 262 g/mol. The second kappa shape index (κ2) is 6.69. The summed E-state index contributed by atoms with van der Waals surface area (Å²) in [6, 6.07) is 10.9. The van der Waals surface area contributed by atoms with Crippen molar-refractivity contribution in [1.82, 2.24) is 4.98 Å². The molecule has 0 aliphatic heterocycles. The van der Waals surface area contributed by atoms with E-state index in [2.05, 4.69) is 22.1 Å². The van der Waals surface area contributed by atoms with E-state index in [4.69, 9.17) is 5.73 Å². The van der Waals surface area contributed by atoms with Gasteiger partial charge in [0.15, 0.2) is 0 Å².